The van der Waals surface area contributed by atoms with Crippen molar-refractivity contribution in [2.75, 3.05) is 6.61 Å². The first-order valence-electron chi connectivity index (χ1n) is 5.81. The van der Waals surface area contributed by atoms with E-state index in [0.717, 1.165) is 19.3 Å². The van der Waals surface area contributed by atoms with E-state index in [4.69, 9.17) is 4.74 Å². The van der Waals surface area contributed by atoms with E-state index in [-0.39, 0.29) is 8.11 Å². The zero-order valence-electron chi connectivity index (χ0n) is 9.89. The molecule has 0 unspecified atom stereocenters. The summed E-state index contributed by atoms with van der Waals surface area (Å²) in [5, 5.41) is 0. The summed E-state index contributed by atoms with van der Waals surface area (Å²) in [5.74, 6) is -0.326. The summed E-state index contributed by atoms with van der Waals surface area (Å²) < 4.78 is 4.80. The number of rotatable bonds is 9. The van der Waals surface area contributed by atoms with Gasteiger partial charge >= 0.3 is 5.97 Å². The summed E-state index contributed by atoms with van der Waals surface area (Å²) in [5.41, 5.74) is 0. The van der Waals surface area contributed by atoms with E-state index < -0.39 is 0 Å². The molecule has 0 spiro atoms. The topological polar surface area (TPSA) is 26.3 Å². The fourth-order valence-electron chi connectivity index (χ4n) is 1.37. The van der Waals surface area contributed by atoms with Crippen LogP contribution in [0.4, 0.5) is 0 Å². The van der Waals surface area contributed by atoms with Gasteiger partial charge in [0.15, 0.2) is 0 Å². The molecule has 17 heavy (non-hydrogen) atoms. The lowest BCUT2D eigenvalue weighted by Crippen LogP contribution is -2.01. The van der Waals surface area contributed by atoms with Gasteiger partial charge in [0.25, 0.3) is 0 Å². The second-order valence-corrected chi connectivity index (χ2v) is 11.1. The van der Waals surface area contributed by atoms with Crippen molar-refractivity contribution in [3.63, 3.8) is 0 Å². The molecule has 0 aromatic rings. The maximum Gasteiger partial charge on any atom is 0.330 e. The second kappa shape index (κ2) is 10.6. The van der Waals surface area contributed by atoms with E-state index in [1.807, 2.05) is 0 Å². The quantitative estimate of drug-likeness (QED) is 0.213. The van der Waals surface area contributed by atoms with Crippen molar-refractivity contribution in [2.45, 2.75) is 47.1 Å². The van der Waals surface area contributed by atoms with Crippen LogP contribution in [0, 0.1) is 0 Å². The summed E-state index contributed by atoms with van der Waals surface area (Å²) in [4.78, 5) is 10.7. The van der Waals surface area contributed by atoms with Gasteiger partial charge in [0.2, 0.25) is 0 Å². The number of halogens is 3. The minimum absolute atomic E-state index is 0.0914. The van der Waals surface area contributed by atoms with Crippen molar-refractivity contribution >= 4 is 53.8 Å². The Labute approximate surface area is 129 Å². The second-order valence-electron chi connectivity index (χ2n) is 3.86. The van der Waals surface area contributed by atoms with E-state index >= 15 is 0 Å². The highest BCUT2D eigenvalue weighted by Crippen LogP contribution is 2.38. The Balaban J connectivity index is 3.14. The lowest BCUT2D eigenvalue weighted by Gasteiger charge is -2.10. The molecule has 0 saturated heterocycles. The summed E-state index contributed by atoms with van der Waals surface area (Å²) in [7, 11) is 0. The highest BCUT2D eigenvalue weighted by Gasteiger charge is 2.15. The summed E-state index contributed by atoms with van der Waals surface area (Å²) in [6, 6.07) is 0. The average Bonchev–Trinajstić information content (AvgIpc) is 2.25. The highest BCUT2D eigenvalue weighted by atomic mass is 80.0. The van der Waals surface area contributed by atoms with Crippen LogP contribution >= 0.6 is 47.8 Å². The number of carbonyl (C=O) groups excluding carboxylic acids is 1. The molecule has 0 aromatic carbocycles. The maximum atomic E-state index is 10.7. The molecule has 5 heteroatoms. The minimum atomic E-state index is -0.326. The Bertz CT molecular complexity index is 224. The third-order valence-electron chi connectivity index (χ3n) is 2.27. The number of hydrogen-bond donors (Lipinski definition) is 0. The van der Waals surface area contributed by atoms with Crippen LogP contribution in [0.3, 0.4) is 0 Å². The normalized spacial score (nSPS) is 11.2. The molecule has 0 heterocycles. The predicted octanol–water partition coefficient (Wildman–Crippen LogP) is 5.28. The van der Waals surface area contributed by atoms with Crippen LogP contribution in [0.25, 0.3) is 0 Å². The fraction of sp³-hybridized carbons (Fsp3) is 0.750. The lowest BCUT2D eigenvalue weighted by molar-refractivity contribution is -0.137. The Kier molecular flexibility index (Phi) is 11.0. The average molecular weight is 435 g/mol. The summed E-state index contributed by atoms with van der Waals surface area (Å²) in [6.07, 6.45) is 9.18. The largest absolute Gasteiger partial charge is 0.463 e. The number of hydrogen-bond acceptors (Lipinski definition) is 2. The number of carbonyl (C=O) groups is 1. The van der Waals surface area contributed by atoms with Gasteiger partial charge in [-0.25, -0.2) is 4.79 Å². The van der Waals surface area contributed by atoms with Crippen LogP contribution in [0.15, 0.2) is 12.7 Å². The van der Waals surface area contributed by atoms with Crippen LogP contribution in [0.2, 0.25) is 0 Å². The van der Waals surface area contributed by atoms with Crippen molar-refractivity contribution in [2.24, 2.45) is 0 Å². The molecular formula is C12H19Br3O2. The lowest BCUT2D eigenvalue weighted by atomic mass is 10.1. The molecule has 0 rings (SSSR count). The van der Waals surface area contributed by atoms with Crippen molar-refractivity contribution in [3.8, 4) is 0 Å². The molecule has 0 N–H and O–H groups in total. The molecule has 0 aromatic heterocycles. The van der Waals surface area contributed by atoms with Crippen molar-refractivity contribution in [3.05, 3.63) is 12.7 Å². The van der Waals surface area contributed by atoms with Crippen molar-refractivity contribution < 1.29 is 9.53 Å². The third kappa shape index (κ3) is 14.6. The Hall–Kier alpha value is 0.650. The molecule has 0 bridgehead atoms. The van der Waals surface area contributed by atoms with Crippen LogP contribution in [-0.4, -0.2) is 14.7 Å². The summed E-state index contributed by atoms with van der Waals surface area (Å²) in [6.45, 7) is 3.86. The molecule has 0 saturated carbocycles. The number of unbranched alkanes of at least 4 members (excludes halogenated alkanes) is 5. The molecular weight excluding hydrogens is 416 g/mol. The van der Waals surface area contributed by atoms with Crippen molar-refractivity contribution in [1.29, 1.82) is 0 Å². The smallest absolute Gasteiger partial charge is 0.330 e. The molecule has 0 atom stereocenters. The molecule has 2 nitrogen and oxygen atoms in total. The van der Waals surface area contributed by atoms with Gasteiger partial charge in [-0.05, 0) is 12.8 Å². The Morgan fingerprint density at radius 3 is 2.12 bits per heavy atom. The molecule has 0 aliphatic carbocycles. The zero-order valence-corrected chi connectivity index (χ0v) is 14.6. The van der Waals surface area contributed by atoms with E-state index in [0.29, 0.717) is 6.61 Å². The van der Waals surface area contributed by atoms with Gasteiger partial charge in [-0.2, -0.15) is 0 Å². The van der Waals surface area contributed by atoms with Crippen LogP contribution in [0.1, 0.15) is 44.9 Å². The van der Waals surface area contributed by atoms with Crippen LogP contribution in [0.5, 0.6) is 0 Å². The van der Waals surface area contributed by atoms with Gasteiger partial charge in [-0.15, -0.1) is 0 Å². The predicted molar refractivity (Wildman–Crippen MR) is 83.0 cm³/mol. The number of ether oxygens (including phenoxy) is 1. The van der Waals surface area contributed by atoms with Crippen LogP contribution in [-0.2, 0) is 9.53 Å². The van der Waals surface area contributed by atoms with Gasteiger partial charge < -0.3 is 4.74 Å². The Morgan fingerprint density at radius 1 is 1.06 bits per heavy atom. The van der Waals surface area contributed by atoms with Gasteiger partial charge in [0.1, 0.15) is 2.14 Å². The first-order valence-corrected chi connectivity index (χ1v) is 8.19. The molecule has 100 valence electrons. The van der Waals surface area contributed by atoms with Gasteiger partial charge in [0, 0.05) is 6.08 Å². The number of alkyl halides is 3. The number of esters is 1. The zero-order chi connectivity index (χ0) is 13.1. The molecule has 0 fully saturated rings. The van der Waals surface area contributed by atoms with Crippen LogP contribution < -0.4 is 0 Å². The fourth-order valence-corrected chi connectivity index (χ4v) is 2.21. The molecule has 0 amide bonds. The third-order valence-corrected chi connectivity index (χ3v) is 3.46. The monoisotopic (exact) mass is 432 g/mol. The highest BCUT2D eigenvalue weighted by molar-refractivity contribution is 9.39. The van der Waals surface area contributed by atoms with Gasteiger partial charge in [0.05, 0.1) is 6.61 Å². The molecule has 0 aliphatic rings. The van der Waals surface area contributed by atoms with E-state index in [1.54, 1.807) is 0 Å². The van der Waals surface area contributed by atoms with Gasteiger partial charge in [-0.3, -0.25) is 0 Å². The minimum Gasteiger partial charge on any atom is -0.463 e. The maximum absolute atomic E-state index is 10.7. The van der Waals surface area contributed by atoms with E-state index in [9.17, 15) is 4.79 Å². The van der Waals surface area contributed by atoms with E-state index in [1.165, 1.54) is 31.8 Å². The van der Waals surface area contributed by atoms with E-state index in [2.05, 4.69) is 54.4 Å². The molecule has 0 aliphatic heterocycles. The summed E-state index contributed by atoms with van der Waals surface area (Å²) >= 11 is 10.4. The van der Waals surface area contributed by atoms with Crippen molar-refractivity contribution in [1.82, 2.24) is 0 Å². The first kappa shape index (κ1) is 17.6. The molecule has 0 radical (unpaired) electrons. The SMILES string of the molecule is C=CC(=O)OCCCCCCCCC(Br)(Br)Br. The first-order chi connectivity index (χ1) is 7.95. The standard InChI is InChI=1S/C12H19Br3O2/c1-2-11(16)17-10-8-6-4-3-5-7-9-12(13,14)15/h2H,1,3-10H2. The Morgan fingerprint density at radius 2 is 1.59 bits per heavy atom. The van der Waals surface area contributed by atoms with Gasteiger partial charge in [-0.1, -0.05) is 86.5 Å².